The molecule has 1 fully saturated rings. The Balaban J connectivity index is 1.85. The molecule has 0 bridgehead atoms. The van der Waals surface area contributed by atoms with Crippen molar-refractivity contribution in [2.45, 2.75) is 51.9 Å². The van der Waals surface area contributed by atoms with Crippen molar-refractivity contribution in [3.63, 3.8) is 0 Å². The third-order valence-corrected chi connectivity index (χ3v) is 4.37. The molecule has 0 radical (unpaired) electrons. The lowest BCUT2D eigenvalue weighted by Crippen LogP contribution is -2.21. The summed E-state index contributed by atoms with van der Waals surface area (Å²) in [6, 6.07) is 9.51. The van der Waals surface area contributed by atoms with Crippen LogP contribution < -0.4 is 5.32 Å². The van der Waals surface area contributed by atoms with Crippen LogP contribution in [0.3, 0.4) is 0 Å². The summed E-state index contributed by atoms with van der Waals surface area (Å²) in [6.07, 6.45) is 6.39. The second kappa shape index (κ2) is 7.96. The Morgan fingerprint density at radius 3 is 2.71 bits per heavy atom. The first kappa shape index (κ1) is 15.7. The molecule has 0 heterocycles. The predicted molar refractivity (Wildman–Crippen MR) is 85.1 cm³/mol. The van der Waals surface area contributed by atoms with Crippen LogP contribution in [0.15, 0.2) is 30.3 Å². The maximum Gasteiger partial charge on any atom is 0.224 e. The minimum atomic E-state index is 0.0291. The summed E-state index contributed by atoms with van der Waals surface area (Å²) in [5.41, 5.74) is 0.828. The Morgan fingerprint density at radius 2 is 2.00 bits per heavy atom. The molecule has 0 aromatic heterocycles. The van der Waals surface area contributed by atoms with Crippen molar-refractivity contribution in [3.05, 3.63) is 30.3 Å². The fourth-order valence-corrected chi connectivity index (χ4v) is 3.20. The standard InChI is InChI=1S/C18H25NO2/c1-2-3-5-10-16-14(11-12-17(16)20)13-18(21)19-15-8-6-4-7-9-15/h4,6-9,14,16H,2-3,5,10-13H2,1H3,(H,19,21). The van der Waals surface area contributed by atoms with E-state index in [4.69, 9.17) is 0 Å². The average molecular weight is 287 g/mol. The van der Waals surface area contributed by atoms with Crippen LogP contribution in [-0.2, 0) is 9.59 Å². The molecule has 1 aromatic rings. The van der Waals surface area contributed by atoms with Gasteiger partial charge in [0.15, 0.2) is 0 Å². The summed E-state index contributed by atoms with van der Waals surface area (Å²) >= 11 is 0. The summed E-state index contributed by atoms with van der Waals surface area (Å²) in [6.45, 7) is 2.17. The lowest BCUT2D eigenvalue weighted by atomic mass is 9.87. The molecule has 114 valence electrons. The summed E-state index contributed by atoms with van der Waals surface area (Å²) < 4.78 is 0. The highest BCUT2D eigenvalue weighted by molar-refractivity contribution is 5.92. The lowest BCUT2D eigenvalue weighted by Gasteiger charge is -2.18. The first-order valence-corrected chi connectivity index (χ1v) is 8.08. The zero-order valence-corrected chi connectivity index (χ0v) is 12.8. The maximum absolute atomic E-state index is 12.1. The predicted octanol–water partition coefficient (Wildman–Crippen LogP) is 4.19. The van der Waals surface area contributed by atoms with Crippen LogP contribution in [-0.4, -0.2) is 11.7 Å². The highest BCUT2D eigenvalue weighted by Gasteiger charge is 2.35. The van der Waals surface area contributed by atoms with Gasteiger partial charge in [-0.15, -0.1) is 0 Å². The van der Waals surface area contributed by atoms with Crippen molar-refractivity contribution in [1.82, 2.24) is 0 Å². The van der Waals surface area contributed by atoms with Crippen molar-refractivity contribution in [2.75, 3.05) is 5.32 Å². The fourth-order valence-electron chi connectivity index (χ4n) is 3.20. The van der Waals surface area contributed by atoms with E-state index in [1.165, 1.54) is 12.8 Å². The molecule has 0 spiro atoms. The number of hydrogen-bond donors (Lipinski definition) is 1. The number of Topliss-reactive ketones (excluding diaryl/α,β-unsaturated/α-hetero) is 1. The van der Waals surface area contributed by atoms with Gasteiger partial charge in [0.2, 0.25) is 5.91 Å². The van der Waals surface area contributed by atoms with Crippen LogP contribution >= 0.6 is 0 Å². The fraction of sp³-hybridized carbons (Fsp3) is 0.556. The van der Waals surface area contributed by atoms with E-state index in [0.717, 1.165) is 24.9 Å². The van der Waals surface area contributed by atoms with E-state index in [1.807, 2.05) is 30.3 Å². The summed E-state index contributed by atoms with van der Waals surface area (Å²) in [4.78, 5) is 24.1. The van der Waals surface area contributed by atoms with E-state index in [9.17, 15) is 9.59 Å². The molecular formula is C18H25NO2. The smallest absolute Gasteiger partial charge is 0.224 e. The van der Waals surface area contributed by atoms with Gasteiger partial charge in [-0.1, -0.05) is 44.4 Å². The number of unbranched alkanes of at least 4 members (excludes halogenated alkanes) is 2. The molecule has 1 saturated carbocycles. The van der Waals surface area contributed by atoms with Crippen molar-refractivity contribution >= 4 is 17.4 Å². The second-order valence-corrected chi connectivity index (χ2v) is 5.99. The normalized spacial score (nSPS) is 21.5. The van der Waals surface area contributed by atoms with Crippen molar-refractivity contribution < 1.29 is 9.59 Å². The Morgan fingerprint density at radius 1 is 1.24 bits per heavy atom. The van der Waals surface area contributed by atoms with E-state index in [1.54, 1.807) is 0 Å². The third-order valence-electron chi connectivity index (χ3n) is 4.37. The number of carbonyl (C=O) groups excluding carboxylic acids is 2. The molecular weight excluding hydrogens is 262 g/mol. The molecule has 3 nitrogen and oxygen atoms in total. The number of amides is 1. The van der Waals surface area contributed by atoms with Gasteiger partial charge >= 0.3 is 0 Å². The van der Waals surface area contributed by atoms with E-state index < -0.39 is 0 Å². The van der Waals surface area contributed by atoms with Gasteiger partial charge in [-0.05, 0) is 30.9 Å². The second-order valence-electron chi connectivity index (χ2n) is 5.99. The number of carbonyl (C=O) groups is 2. The number of nitrogens with one attached hydrogen (secondary N) is 1. The molecule has 3 heteroatoms. The van der Waals surface area contributed by atoms with E-state index in [2.05, 4.69) is 12.2 Å². The van der Waals surface area contributed by atoms with Crippen molar-refractivity contribution in [1.29, 1.82) is 0 Å². The first-order valence-electron chi connectivity index (χ1n) is 8.08. The van der Waals surface area contributed by atoms with Gasteiger partial charge in [0.1, 0.15) is 5.78 Å². The third kappa shape index (κ3) is 4.69. The molecule has 2 rings (SSSR count). The van der Waals surface area contributed by atoms with Crippen LogP contribution in [0.4, 0.5) is 5.69 Å². The number of anilines is 1. The molecule has 1 aliphatic carbocycles. The van der Waals surface area contributed by atoms with Crippen LogP contribution in [0.1, 0.15) is 51.9 Å². The number of ketones is 1. The van der Waals surface area contributed by atoms with E-state index in [0.29, 0.717) is 18.6 Å². The number of hydrogen-bond acceptors (Lipinski definition) is 2. The van der Waals surface area contributed by atoms with Crippen LogP contribution in [0, 0.1) is 11.8 Å². The van der Waals surface area contributed by atoms with E-state index >= 15 is 0 Å². The molecule has 2 atom stereocenters. The largest absolute Gasteiger partial charge is 0.326 e. The zero-order chi connectivity index (χ0) is 15.1. The summed E-state index contributed by atoms with van der Waals surface area (Å²) in [7, 11) is 0. The Labute approximate surface area is 127 Å². The lowest BCUT2D eigenvalue weighted by molar-refractivity contribution is -0.122. The molecule has 0 aliphatic heterocycles. The maximum atomic E-state index is 12.1. The first-order chi connectivity index (χ1) is 10.2. The van der Waals surface area contributed by atoms with Gasteiger partial charge in [-0.3, -0.25) is 9.59 Å². The van der Waals surface area contributed by atoms with Crippen molar-refractivity contribution in [3.8, 4) is 0 Å². The van der Waals surface area contributed by atoms with Gasteiger partial charge in [0.25, 0.3) is 0 Å². The molecule has 21 heavy (non-hydrogen) atoms. The van der Waals surface area contributed by atoms with E-state index in [-0.39, 0.29) is 17.7 Å². The van der Waals surface area contributed by atoms with Crippen molar-refractivity contribution in [2.24, 2.45) is 11.8 Å². The Kier molecular flexibility index (Phi) is 5.97. The van der Waals surface area contributed by atoms with Gasteiger partial charge < -0.3 is 5.32 Å². The summed E-state index contributed by atoms with van der Waals surface area (Å²) in [5, 5.41) is 2.92. The van der Waals surface area contributed by atoms with Gasteiger partial charge in [-0.2, -0.15) is 0 Å². The van der Waals surface area contributed by atoms with Crippen LogP contribution in [0.2, 0.25) is 0 Å². The average Bonchev–Trinajstić information content (AvgIpc) is 2.81. The minimum Gasteiger partial charge on any atom is -0.326 e. The Bertz CT molecular complexity index is 469. The van der Waals surface area contributed by atoms with Crippen LogP contribution in [0.25, 0.3) is 0 Å². The summed E-state index contributed by atoms with van der Waals surface area (Å²) in [5.74, 6) is 0.737. The van der Waals surface area contributed by atoms with Gasteiger partial charge in [0, 0.05) is 24.4 Å². The molecule has 1 aromatic carbocycles. The highest BCUT2D eigenvalue weighted by Crippen LogP contribution is 2.35. The number of rotatable bonds is 7. The van der Waals surface area contributed by atoms with Gasteiger partial charge in [-0.25, -0.2) is 0 Å². The monoisotopic (exact) mass is 287 g/mol. The molecule has 0 saturated heterocycles. The minimum absolute atomic E-state index is 0.0291. The molecule has 1 N–H and O–H groups in total. The SMILES string of the molecule is CCCCCC1C(=O)CCC1CC(=O)Nc1ccccc1. The molecule has 2 unspecified atom stereocenters. The highest BCUT2D eigenvalue weighted by atomic mass is 16.1. The Hall–Kier alpha value is -1.64. The van der Waals surface area contributed by atoms with Crippen LogP contribution in [0.5, 0.6) is 0 Å². The number of para-hydroxylation sites is 1. The van der Waals surface area contributed by atoms with Gasteiger partial charge in [0.05, 0.1) is 0 Å². The number of benzene rings is 1. The topological polar surface area (TPSA) is 46.2 Å². The quantitative estimate of drug-likeness (QED) is 0.764. The zero-order valence-electron chi connectivity index (χ0n) is 12.8. The molecule has 1 amide bonds. The molecule has 1 aliphatic rings.